The third-order valence-electron chi connectivity index (χ3n) is 2.81. The molecule has 0 spiro atoms. The number of hydrogen-bond donors (Lipinski definition) is 1. The molecule has 1 heterocycles. The highest BCUT2D eigenvalue weighted by Gasteiger charge is 2.17. The van der Waals surface area contributed by atoms with Crippen LogP contribution in [-0.2, 0) is 9.53 Å². The van der Waals surface area contributed by atoms with E-state index in [0.29, 0.717) is 12.7 Å². The number of anilines is 1. The maximum absolute atomic E-state index is 13.4. The molecule has 2 rings (SSSR count). The SMILES string of the molecule is CCOc1ncccc1C(=O)OCC(=O)Nc1ccc(F)cc1F. The standard InChI is InChI=1S/C16H14F2N2O4/c1-2-23-15-11(4-3-7-19-15)16(22)24-9-14(21)20-13-6-5-10(17)8-12(13)18/h3-8H,2,9H2,1H3,(H,20,21). The summed E-state index contributed by atoms with van der Waals surface area (Å²) >= 11 is 0. The maximum Gasteiger partial charge on any atom is 0.344 e. The Kier molecular flexibility index (Phi) is 5.78. The smallest absolute Gasteiger partial charge is 0.344 e. The number of amides is 1. The Balaban J connectivity index is 1.95. The molecule has 0 bridgehead atoms. The van der Waals surface area contributed by atoms with Crippen LogP contribution in [0.4, 0.5) is 14.5 Å². The van der Waals surface area contributed by atoms with Gasteiger partial charge in [0.2, 0.25) is 5.88 Å². The lowest BCUT2D eigenvalue weighted by atomic mass is 10.3. The van der Waals surface area contributed by atoms with Crippen LogP contribution in [0.25, 0.3) is 0 Å². The van der Waals surface area contributed by atoms with E-state index in [9.17, 15) is 18.4 Å². The van der Waals surface area contributed by atoms with Gasteiger partial charge in [0, 0.05) is 12.3 Å². The summed E-state index contributed by atoms with van der Waals surface area (Å²) in [6.45, 7) is 1.40. The summed E-state index contributed by atoms with van der Waals surface area (Å²) in [6.07, 6.45) is 1.45. The molecular weight excluding hydrogens is 322 g/mol. The Hall–Kier alpha value is -3.03. The fraction of sp³-hybridized carbons (Fsp3) is 0.188. The lowest BCUT2D eigenvalue weighted by Crippen LogP contribution is -2.22. The van der Waals surface area contributed by atoms with Gasteiger partial charge in [-0.25, -0.2) is 18.6 Å². The minimum absolute atomic E-state index is 0.0695. The van der Waals surface area contributed by atoms with Crippen LogP contribution in [0.3, 0.4) is 0 Å². The van der Waals surface area contributed by atoms with E-state index in [0.717, 1.165) is 12.1 Å². The van der Waals surface area contributed by atoms with Gasteiger partial charge >= 0.3 is 5.97 Å². The van der Waals surface area contributed by atoms with Crippen molar-refractivity contribution in [2.75, 3.05) is 18.5 Å². The van der Waals surface area contributed by atoms with Crippen LogP contribution in [0, 0.1) is 11.6 Å². The summed E-state index contributed by atoms with van der Waals surface area (Å²) in [5.41, 5.74) is -0.144. The predicted molar refractivity (Wildman–Crippen MR) is 80.7 cm³/mol. The third-order valence-corrected chi connectivity index (χ3v) is 2.81. The highest BCUT2D eigenvalue weighted by molar-refractivity contribution is 5.96. The van der Waals surface area contributed by atoms with Crippen molar-refractivity contribution in [1.82, 2.24) is 4.98 Å². The molecule has 0 atom stereocenters. The summed E-state index contributed by atoms with van der Waals surface area (Å²) in [5.74, 6) is -3.18. The average Bonchev–Trinajstić information content (AvgIpc) is 2.56. The first-order valence-electron chi connectivity index (χ1n) is 7.01. The number of hydrogen-bond acceptors (Lipinski definition) is 5. The zero-order chi connectivity index (χ0) is 17.5. The molecule has 126 valence electrons. The zero-order valence-electron chi connectivity index (χ0n) is 12.7. The van der Waals surface area contributed by atoms with Crippen molar-refractivity contribution >= 4 is 17.6 Å². The Morgan fingerprint density at radius 3 is 2.75 bits per heavy atom. The van der Waals surface area contributed by atoms with Gasteiger partial charge in [0.1, 0.15) is 17.2 Å². The Labute approximate surface area is 136 Å². The Morgan fingerprint density at radius 1 is 1.25 bits per heavy atom. The number of benzene rings is 1. The molecule has 0 saturated heterocycles. The number of esters is 1. The second kappa shape index (κ2) is 8.00. The van der Waals surface area contributed by atoms with E-state index >= 15 is 0 Å². The second-order valence-electron chi connectivity index (χ2n) is 4.54. The number of nitrogens with zero attached hydrogens (tertiary/aromatic N) is 1. The Bertz CT molecular complexity index is 753. The fourth-order valence-electron chi connectivity index (χ4n) is 1.78. The molecule has 2 aromatic rings. The van der Waals surface area contributed by atoms with Crippen LogP contribution < -0.4 is 10.1 Å². The van der Waals surface area contributed by atoms with Crippen molar-refractivity contribution < 1.29 is 27.8 Å². The molecule has 1 aromatic heterocycles. The van der Waals surface area contributed by atoms with E-state index in [2.05, 4.69) is 10.3 Å². The molecule has 8 heteroatoms. The summed E-state index contributed by atoms with van der Waals surface area (Å²) in [7, 11) is 0. The highest BCUT2D eigenvalue weighted by atomic mass is 19.1. The minimum Gasteiger partial charge on any atom is -0.477 e. The molecule has 0 aliphatic heterocycles. The largest absolute Gasteiger partial charge is 0.477 e. The van der Waals surface area contributed by atoms with E-state index in [1.54, 1.807) is 6.92 Å². The monoisotopic (exact) mass is 336 g/mol. The van der Waals surface area contributed by atoms with Crippen molar-refractivity contribution in [3.8, 4) is 5.88 Å². The third kappa shape index (κ3) is 4.48. The molecule has 0 saturated carbocycles. The summed E-state index contributed by atoms with van der Waals surface area (Å²) < 4.78 is 36.2. The molecular formula is C16H14F2N2O4. The van der Waals surface area contributed by atoms with E-state index in [1.165, 1.54) is 18.3 Å². The molecule has 6 nitrogen and oxygen atoms in total. The van der Waals surface area contributed by atoms with Gasteiger partial charge < -0.3 is 14.8 Å². The van der Waals surface area contributed by atoms with Crippen LogP contribution >= 0.6 is 0 Å². The summed E-state index contributed by atoms with van der Waals surface area (Å²) in [4.78, 5) is 27.6. The second-order valence-corrected chi connectivity index (χ2v) is 4.54. The number of carbonyl (C=O) groups is 2. The molecule has 24 heavy (non-hydrogen) atoms. The molecule has 0 radical (unpaired) electrons. The van der Waals surface area contributed by atoms with E-state index in [4.69, 9.17) is 9.47 Å². The first kappa shape index (κ1) is 17.3. The topological polar surface area (TPSA) is 77.5 Å². The summed E-state index contributed by atoms with van der Waals surface area (Å²) in [6, 6.07) is 5.66. The van der Waals surface area contributed by atoms with Gasteiger partial charge in [0.05, 0.1) is 12.3 Å². The number of halogens is 2. The Morgan fingerprint density at radius 2 is 2.04 bits per heavy atom. The first-order chi connectivity index (χ1) is 11.5. The van der Waals surface area contributed by atoms with Crippen molar-refractivity contribution in [3.05, 3.63) is 53.7 Å². The minimum atomic E-state index is -0.930. The van der Waals surface area contributed by atoms with E-state index < -0.39 is 30.1 Å². The van der Waals surface area contributed by atoms with Crippen LogP contribution in [0.5, 0.6) is 5.88 Å². The van der Waals surface area contributed by atoms with Gasteiger partial charge in [-0.3, -0.25) is 4.79 Å². The van der Waals surface area contributed by atoms with Crippen LogP contribution in [0.15, 0.2) is 36.5 Å². The molecule has 1 aromatic carbocycles. The van der Waals surface area contributed by atoms with E-state index in [1.807, 2.05) is 0 Å². The van der Waals surface area contributed by atoms with Crippen molar-refractivity contribution in [2.45, 2.75) is 6.92 Å². The van der Waals surface area contributed by atoms with Crippen LogP contribution in [-0.4, -0.2) is 30.1 Å². The van der Waals surface area contributed by atoms with Crippen LogP contribution in [0.2, 0.25) is 0 Å². The van der Waals surface area contributed by atoms with Crippen molar-refractivity contribution in [3.63, 3.8) is 0 Å². The average molecular weight is 336 g/mol. The lowest BCUT2D eigenvalue weighted by Gasteiger charge is -2.09. The summed E-state index contributed by atoms with van der Waals surface area (Å²) in [5, 5.41) is 2.18. The molecule has 0 fully saturated rings. The quantitative estimate of drug-likeness (QED) is 0.820. The molecule has 0 unspecified atom stereocenters. The number of ether oxygens (including phenoxy) is 2. The normalized spacial score (nSPS) is 10.1. The number of nitrogens with one attached hydrogen (secondary N) is 1. The molecule has 0 aliphatic carbocycles. The zero-order valence-corrected chi connectivity index (χ0v) is 12.7. The first-order valence-corrected chi connectivity index (χ1v) is 7.01. The van der Waals surface area contributed by atoms with Gasteiger partial charge in [0.25, 0.3) is 5.91 Å². The predicted octanol–water partition coefficient (Wildman–Crippen LogP) is 2.55. The van der Waals surface area contributed by atoms with Gasteiger partial charge in [0.15, 0.2) is 6.61 Å². The molecule has 1 amide bonds. The van der Waals surface area contributed by atoms with Gasteiger partial charge in [-0.2, -0.15) is 0 Å². The molecule has 1 N–H and O–H groups in total. The number of carbonyl (C=O) groups excluding carboxylic acids is 2. The van der Waals surface area contributed by atoms with Gasteiger partial charge in [-0.05, 0) is 31.2 Å². The molecule has 0 aliphatic rings. The fourth-order valence-corrected chi connectivity index (χ4v) is 1.78. The van der Waals surface area contributed by atoms with Crippen molar-refractivity contribution in [1.29, 1.82) is 0 Å². The van der Waals surface area contributed by atoms with Crippen molar-refractivity contribution in [2.24, 2.45) is 0 Å². The number of aromatic nitrogens is 1. The number of pyridine rings is 1. The van der Waals surface area contributed by atoms with E-state index in [-0.39, 0.29) is 17.1 Å². The van der Waals surface area contributed by atoms with Gasteiger partial charge in [-0.15, -0.1) is 0 Å². The van der Waals surface area contributed by atoms with Crippen LogP contribution in [0.1, 0.15) is 17.3 Å². The maximum atomic E-state index is 13.4. The highest BCUT2D eigenvalue weighted by Crippen LogP contribution is 2.16. The van der Waals surface area contributed by atoms with Gasteiger partial charge in [-0.1, -0.05) is 0 Å². The number of rotatable bonds is 6. The lowest BCUT2D eigenvalue weighted by molar-refractivity contribution is -0.119.